The van der Waals surface area contributed by atoms with Crippen LogP contribution in [0.3, 0.4) is 0 Å². The summed E-state index contributed by atoms with van der Waals surface area (Å²) in [7, 11) is -0.836. The van der Waals surface area contributed by atoms with Crippen LogP contribution in [0.15, 0.2) is 23.1 Å². The molecule has 0 aliphatic heterocycles. The average molecular weight is 272 g/mol. The van der Waals surface area contributed by atoms with E-state index in [4.69, 9.17) is 9.47 Å². The van der Waals surface area contributed by atoms with Crippen molar-refractivity contribution >= 4 is 15.6 Å². The van der Waals surface area contributed by atoms with Crippen LogP contribution in [-0.2, 0) is 14.6 Å². The van der Waals surface area contributed by atoms with Gasteiger partial charge in [-0.1, -0.05) is 6.07 Å². The highest BCUT2D eigenvalue weighted by Gasteiger charge is 2.24. The Morgan fingerprint density at radius 1 is 1.17 bits per heavy atom. The first kappa shape index (κ1) is 14.5. The fourth-order valence-electron chi connectivity index (χ4n) is 1.50. The SMILES string of the molecule is COc1cccc(OC)c1S(=O)(=O)CCC(C)=O. The molecular weight excluding hydrogens is 256 g/mol. The fraction of sp³-hybridized carbons (Fsp3) is 0.417. The van der Waals surface area contributed by atoms with Crippen LogP contribution in [0, 0.1) is 0 Å². The summed E-state index contributed by atoms with van der Waals surface area (Å²) in [6, 6.07) is 4.73. The van der Waals surface area contributed by atoms with Gasteiger partial charge in [0.05, 0.1) is 20.0 Å². The highest BCUT2D eigenvalue weighted by Crippen LogP contribution is 2.33. The zero-order valence-corrected chi connectivity index (χ0v) is 11.4. The minimum absolute atomic E-state index is 0.00347. The lowest BCUT2D eigenvalue weighted by Gasteiger charge is -2.12. The van der Waals surface area contributed by atoms with Gasteiger partial charge in [0.15, 0.2) is 14.7 Å². The van der Waals surface area contributed by atoms with Crippen LogP contribution in [0.2, 0.25) is 0 Å². The van der Waals surface area contributed by atoms with Crippen LogP contribution in [0.1, 0.15) is 13.3 Å². The molecule has 1 rings (SSSR count). The van der Waals surface area contributed by atoms with Gasteiger partial charge in [0.1, 0.15) is 17.3 Å². The minimum atomic E-state index is -3.61. The zero-order valence-electron chi connectivity index (χ0n) is 10.6. The van der Waals surface area contributed by atoms with Gasteiger partial charge >= 0.3 is 0 Å². The van der Waals surface area contributed by atoms with Gasteiger partial charge in [-0.3, -0.25) is 4.79 Å². The van der Waals surface area contributed by atoms with E-state index in [0.717, 1.165) is 0 Å². The smallest absolute Gasteiger partial charge is 0.186 e. The Kier molecular flexibility index (Phi) is 4.72. The molecule has 5 nitrogen and oxygen atoms in total. The third-order valence-corrected chi connectivity index (χ3v) is 4.18. The maximum Gasteiger partial charge on any atom is 0.186 e. The van der Waals surface area contributed by atoms with Crippen LogP contribution in [-0.4, -0.2) is 34.2 Å². The van der Waals surface area contributed by atoms with Crippen LogP contribution < -0.4 is 9.47 Å². The molecule has 0 atom stereocenters. The van der Waals surface area contributed by atoms with E-state index < -0.39 is 9.84 Å². The Morgan fingerprint density at radius 3 is 2.06 bits per heavy atom. The number of rotatable bonds is 6. The Hall–Kier alpha value is -1.56. The summed E-state index contributed by atoms with van der Waals surface area (Å²) in [6.07, 6.45) is -0.0243. The number of sulfone groups is 1. The number of ether oxygens (including phenoxy) is 2. The predicted molar refractivity (Wildman–Crippen MR) is 66.9 cm³/mol. The molecule has 0 amide bonds. The summed E-state index contributed by atoms with van der Waals surface area (Å²) < 4.78 is 34.4. The largest absolute Gasteiger partial charge is 0.495 e. The summed E-state index contributed by atoms with van der Waals surface area (Å²) >= 11 is 0. The van der Waals surface area contributed by atoms with Crippen molar-refractivity contribution in [1.29, 1.82) is 0 Å². The normalized spacial score (nSPS) is 11.1. The van der Waals surface area contributed by atoms with Crippen molar-refractivity contribution in [2.75, 3.05) is 20.0 Å². The molecule has 0 N–H and O–H groups in total. The summed E-state index contributed by atoms with van der Waals surface area (Å²) in [4.78, 5) is 10.9. The Morgan fingerprint density at radius 2 is 1.67 bits per heavy atom. The second-order valence-electron chi connectivity index (χ2n) is 3.76. The van der Waals surface area contributed by atoms with E-state index in [1.165, 1.54) is 21.1 Å². The highest BCUT2D eigenvalue weighted by atomic mass is 32.2. The Balaban J connectivity index is 3.25. The van der Waals surface area contributed by atoms with Crippen molar-refractivity contribution in [1.82, 2.24) is 0 Å². The number of hydrogen-bond donors (Lipinski definition) is 0. The van der Waals surface area contributed by atoms with E-state index in [1.807, 2.05) is 0 Å². The molecule has 0 radical (unpaired) electrons. The second-order valence-corrected chi connectivity index (χ2v) is 5.81. The monoisotopic (exact) mass is 272 g/mol. The van der Waals surface area contributed by atoms with E-state index >= 15 is 0 Å². The Labute approximate surface area is 107 Å². The minimum Gasteiger partial charge on any atom is -0.495 e. The summed E-state index contributed by atoms with van der Waals surface area (Å²) in [5, 5.41) is 0. The molecular formula is C12H16O5S. The van der Waals surface area contributed by atoms with E-state index in [1.54, 1.807) is 18.2 Å². The lowest BCUT2D eigenvalue weighted by atomic mass is 10.3. The molecule has 0 aliphatic carbocycles. The molecule has 0 unspecified atom stereocenters. The number of Topliss-reactive ketones (excluding diaryl/α,β-unsaturated/α-hetero) is 1. The fourth-order valence-corrected chi connectivity index (χ4v) is 3.18. The van der Waals surface area contributed by atoms with E-state index in [2.05, 4.69) is 0 Å². The summed E-state index contributed by atoms with van der Waals surface area (Å²) in [5.41, 5.74) is 0. The topological polar surface area (TPSA) is 69.7 Å². The molecule has 0 spiro atoms. The van der Waals surface area contributed by atoms with Crippen LogP contribution >= 0.6 is 0 Å². The third-order valence-electron chi connectivity index (χ3n) is 2.42. The first-order valence-electron chi connectivity index (χ1n) is 5.35. The zero-order chi connectivity index (χ0) is 13.8. The van der Waals surface area contributed by atoms with Gasteiger partial charge in [-0.25, -0.2) is 8.42 Å². The van der Waals surface area contributed by atoms with Gasteiger partial charge in [0.25, 0.3) is 0 Å². The molecule has 0 fully saturated rings. The Bertz CT molecular complexity index is 511. The maximum absolute atomic E-state index is 12.2. The van der Waals surface area contributed by atoms with Gasteiger partial charge < -0.3 is 9.47 Å². The van der Waals surface area contributed by atoms with E-state index in [9.17, 15) is 13.2 Å². The van der Waals surface area contributed by atoms with Crippen LogP contribution in [0.5, 0.6) is 11.5 Å². The van der Waals surface area contributed by atoms with Gasteiger partial charge in [0.2, 0.25) is 0 Å². The lowest BCUT2D eigenvalue weighted by Crippen LogP contribution is -2.12. The molecule has 0 bridgehead atoms. The molecule has 6 heteroatoms. The van der Waals surface area contributed by atoms with Crippen molar-refractivity contribution in [3.63, 3.8) is 0 Å². The molecule has 0 saturated heterocycles. The van der Waals surface area contributed by atoms with Crippen LogP contribution in [0.25, 0.3) is 0 Å². The maximum atomic E-state index is 12.2. The van der Waals surface area contributed by atoms with E-state index in [-0.39, 0.29) is 34.4 Å². The quantitative estimate of drug-likeness (QED) is 0.784. The molecule has 1 aromatic carbocycles. The number of hydrogen-bond acceptors (Lipinski definition) is 5. The number of methoxy groups -OCH3 is 2. The van der Waals surface area contributed by atoms with Gasteiger partial charge in [-0.05, 0) is 19.1 Å². The predicted octanol–water partition coefficient (Wildman–Crippen LogP) is 1.46. The van der Waals surface area contributed by atoms with Crippen LogP contribution in [0.4, 0.5) is 0 Å². The number of carbonyl (C=O) groups excluding carboxylic acids is 1. The number of benzene rings is 1. The summed E-state index contributed by atoms with van der Waals surface area (Å²) in [5.74, 6) is 0.0160. The number of carbonyl (C=O) groups is 1. The average Bonchev–Trinajstić information content (AvgIpc) is 2.35. The number of ketones is 1. The highest BCUT2D eigenvalue weighted by molar-refractivity contribution is 7.91. The third kappa shape index (κ3) is 3.22. The first-order valence-corrected chi connectivity index (χ1v) is 7.00. The molecule has 0 aromatic heterocycles. The standard InChI is InChI=1S/C12H16O5S/c1-9(13)7-8-18(14,15)12-10(16-2)5-4-6-11(12)17-3/h4-6H,7-8H2,1-3H3. The molecule has 100 valence electrons. The van der Waals surface area contributed by atoms with Gasteiger partial charge in [-0.15, -0.1) is 0 Å². The molecule has 0 aliphatic rings. The van der Waals surface area contributed by atoms with Crippen molar-refractivity contribution < 1.29 is 22.7 Å². The van der Waals surface area contributed by atoms with Crippen molar-refractivity contribution in [3.05, 3.63) is 18.2 Å². The van der Waals surface area contributed by atoms with Gasteiger partial charge in [0, 0.05) is 6.42 Å². The molecule has 0 heterocycles. The van der Waals surface area contributed by atoms with E-state index in [0.29, 0.717) is 0 Å². The second kappa shape index (κ2) is 5.86. The molecule has 1 aromatic rings. The van der Waals surface area contributed by atoms with Crippen molar-refractivity contribution in [3.8, 4) is 11.5 Å². The summed E-state index contributed by atoms with van der Waals surface area (Å²) in [6.45, 7) is 1.36. The molecule has 0 saturated carbocycles. The molecule has 18 heavy (non-hydrogen) atoms. The first-order chi connectivity index (χ1) is 8.42. The van der Waals surface area contributed by atoms with Crippen molar-refractivity contribution in [2.24, 2.45) is 0 Å². The van der Waals surface area contributed by atoms with Crippen molar-refractivity contribution in [2.45, 2.75) is 18.2 Å². The van der Waals surface area contributed by atoms with Gasteiger partial charge in [-0.2, -0.15) is 0 Å². The lowest BCUT2D eigenvalue weighted by molar-refractivity contribution is -0.116.